The zero-order valence-corrected chi connectivity index (χ0v) is 19.4. The molecule has 0 heterocycles. The molecule has 0 radical (unpaired) electrons. The Morgan fingerprint density at radius 3 is 2.58 bits per heavy atom. The van der Waals surface area contributed by atoms with Crippen molar-refractivity contribution in [3.63, 3.8) is 0 Å². The van der Waals surface area contributed by atoms with Crippen LogP contribution in [-0.4, -0.2) is 0 Å². The summed E-state index contributed by atoms with van der Waals surface area (Å²) in [7, 11) is 0. The van der Waals surface area contributed by atoms with Gasteiger partial charge in [0.15, 0.2) is 0 Å². The van der Waals surface area contributed by atoms with Gasteiger partial charge >= 0.3 is 0 Å². The maximum Gasteiger partial charge on any atom is 0.127 e. The summed E-state index contributed by atoms with van der Waals surface area (Å²) in [4.78, 5) is 0. The molecule has 0 aromatic heterocycles. The zero-order chi connectivity index (χ0) is 21.8. The predicted octanol–water partition coefficient (Wildman–Crippen LogP) is 8.55. The van der Waals surface area contributed by atoms with Gasteiger partial charge in [0.25, 0.3) is 0 Å². The number of hydrogen-bond donors (Lipinski definition) is 0. The van der Waals surface area contributed by atoms with E-state index in [4.69, 9.17) is 27.9 Å². The lowest BCUT2D eigenvalue weighted by molar-refractivity contribution is 0.307. The molecule has 5 heteroatoms. The molecule has 0 fully saturated rings. The molecule has 4 rings (SSSR count). The van der Waals surface area contributed by atoms with Gasteiger partial charge in [0.2, 0.25) is 0 Å². The lowest BCUT2D eigenvalue weighted by atomic mass is 10.0. The summed E-state index contributed by atoms with van der Waals surface area (Å²) >= 11 is 15.8. The highest BCUT2D eigenvalue weighted by atomic mass is 79.9. The van der Waals surface area contributed by atoms with E-state index in [-0.39, 0.29) is 0 Å². The van der Waals surface area contributed by atoms with Crippen LogP contribution in [0.1, 0.15) is 16.7 Å². The van der Waals surface area contributed by atoms with Gasteiger partial charge in [-0.05, 0) is 52.7 Å². The van der Waals surface area contributed by atoms with Gasteiger partial charge in [0, 0.05) is 20.6 Å². The Kier molecular flexibility index (Phi) is 6.63. The van der Waals surface area contributed by atoms with E-state index in [1.54, 1.807) is 24.3 Å². The van der Waals surface area contributed by atoms with Crippen LogP contribution in [0.3, 0.4) is 0 Å². The first kappa shape index (κ1) is 21.5. The van der Waals surface area contributed by atoms with E-state index in [9.17, 15) is 5.26 Å². The molecule has 0 spiro atoms. The maximum atomic E-state index is 9.76. The topological polar surface area (TPSA) is 33.0 Å². The minimum Gasteiger partial charge on any atom is -0.488 e. The number of halogens is 3. The van der Waals surface area contributed by atoms with Crippen molar-refractivity contribution in [1.29, 1.82) is 5.26 Å². The fourth-order valence-electron chi connectivity index (χ4n) is 3.37. The van der Waals surface area contributed by atoms with Crippen molar-refractivity contribution in [1.82, 2.24) is 0 Å². The molecule has 0 atom stereocenters. The molecular weight excluding hydrogens is 493 g/mol. The molecule has 0 unspecified atom stereocenters. The van der Waals surface area contributed by atoms with Gasteiger partial charge < -0.3 is 4.74 Å². The van der Waals surface area contributed by atoms with E-state index in [0.717, 1.165) is 21.0 Å². The third kappa shape index (κ3) is 4.94. The number of benzene rings is 4. The monoisotopic (exact) mass is 507 g/mol. The predicted molar refractivity (Wildman–Crippen MR) is 132 cm³/mol. The number of ether oxygens (including phenoxy) is 1. The van der Waals surface area contributed by atoms with E-state index in [1.807, 2.05) is 36.4 Å². The van der Waals surface area contributed by atoms with Crippen molar-refractivity contribution in [3.8, 4) is 11.8 Å². The molecule has 31 heavy (non-hydrogen) atoms. The minimum absolute atomic E-state index is 0.410. The largest absolute Gasteiger partial charge is 0.488 e. The summed E-state index contributed by atoms with van der Waals surface area (Å²) in [6, 6.07) is 27.4. The van der Waals surface area contributed by atoms with Crippen molar-refractivity contribution in [2.45, 2.75) is 6.61 Å². The summed E-state index contributed by atoms with van der Waals surface area (Å²) in [5, 5.41) is 13.0. The summed E-state index contributed by atoms with van der Waals surface area (Å²) in [6.07, 6.45) is 1.78. The first-order valence-corrected chi connectivity index (χ1v) is 11.1. The lowest BCUT2D eigenvalue weighted by Gasteiger charge is -2.12. The molecule has 152 valence electrons. The molecule has 2 nitrogen and oxygen atoms in total. The molecular formula is C26H16BrCl2NO. The van der Waals surface area contributed by atoms with Crippen LogP contribution < -0.4 is 4.74 Å². The van der Waals surface area contributed by atoms with Crippen LogP contribution in [0.15, 0.2) is 83.3 Å². The van der Waals surface area contributed by atoms with Gasteiger partial charge in [-0.3, -0.25) is 0 Å². The molecule has 0 saturated heterocycles. The van der Waals surface area contributed by atoms with Crippen LogP contribution in [0, 0.1) is 11.3 Å². The highest BCUT2D eigenvalue weighted by molar-refractivity contribution is 9.10. The molecule has 0 saturated carbocycles. The maximum absolute atomic E-state index is 9.76. The SMILES string of the molecule is N#C/C(=C\c1cc(Br)ccc1OCc1cccc2ccccc12)c1ccc(Cl)cc1Cl. The fourth-order valence-corrected chi connectivity index (χ4v) is 4.26. The number of allylic oxidation sites excluding steroid dienone is 1. The Morgan fingerprint density at radius 2 is 1.77 bits per heavy atom. The Morgan fingerprint density at radius 1 is 0.968 bits per heavy atom. The van der Waals surface area contributed by atoms with Gasteiger partial charge in [0.05, 0.1) is 16.7 Å². The minimum atomic E-state index is 0.410. The van der Waals surface area contributed by atoms with Gasteiger partial charge in [-0.1, -0.05) is 87.7 Å². The Hall–Kier alpha value is -2.77. The summed E-state index contributed by atoms with van der Waals surface area (Å²) < 4.78 is 7.07. The zero-order valence-electron chi connectivity index (χ0n) is 16.3. The van der Waals surface area contributed by atoms with Gasteiger partial charge in [0.1, 0.15) is 12.4 Å². The number of hydrogen-bond acceptors (Lipinski definition) is 2. The van der Waals surface area contributed by atoms with Crippen LogP contribution in [0.5, 0.6) is 5.75 Å². The standard InChI is InChI=1S/C26H16BrCl2NO/c27-21-8-11-26(31-16-18-6-3-5-17-4-1-2-7-23(17)18)19(13-21)12-20(15-30)24-10-9-22(28)14-25(24)29/h1-14H,16H2/b20-12+. The second kappa shape index (κ2) is 9.58. The summed E-state index contributed by atoms with van der Waals surface area (Å²) in [5.41, 5.74) is 2.91. The quantitative estimate of drug-likeness (QED) is 0.200. The first-order valence-electron chi connectivity index (χ1n) is 9.51. The van der Waals surface area contributed by atoms with Crippen molar-refractivity contribution in [2.24, 2.45) is 0 Å². The summed E-state index contributed by atoms with van der Waals surface area (Å²) in [6.45, 7) is 0.410. The summed E-state index contributed by atoms with van der Waals surface area (Å²) in [5.74, 6) is 0.675. The molecule has 0 aliphatic carbocycles. The van der Waals surface area contributed by atoms with E-state index in [1.165, 1.54) is 5.39 Å². The van der Waals surface area contributed by atoms with E-state index in [0.29, 0.717) is 33.5 Å². The molecule has 4 aromatic rings. The number of rotatable bonds is 5. The van der Waals surface area contributed by atoms with Crippen LogP contribution in [0.4, 0.5) is 0 Å². The van der Waals surface area contributed by atoms with Crippen molar-refractivity contribution in [2.75, 3.05) is 0 Å². The van der Waals surface area contributed by atoms with Crippen LogP contribution in [0.2, 0.25) is 10.0 Å². The van der Waals surface area contributed by atoms with Crippen LogP contribution in [-0.2, 0) is 6.61 Å². The third-order valence-corrected chi connectivity index (χ3v) is 5.92. The molecule has 0 aliphatic rings. The van der Waals surface area contributed by atoms with Gasteiger partial charge in [-0.25, -0.2) is 0 Å². The third-order valence-electron chi connectivity index (χ3n) is 4.88. The average Bonchev–Trinajstić information content (AvgIpc) is 2.77. The second-order valence-electron chi connectivity index (χ2n) is 6.90. The average molecular weight is 509 g/mol. The Labute approximate surface area is 199 Å². The highest BCUT2D eigenvalue weighted by Crippen LogP contribution is 2.32. The number of nitriles is 1. The van der Waals surface area contributed by atoms with Crippen molar-refractivity contribution < 1.29 is 4.74 Å². The molecule has 0 aliphatic heterocycles. The molecule has 0 amide bonds. The number of nitrogens with zero attached hydrogens (tertiary/aromatic N) is 1. The van der Waals surface area contributed by atoms with Crippen LogP contribution in [0.25, 0.3) is 22.4 Å². The van der Waals surface area contributed by atoms with E-state index < -0.39 is 0 Å². The smallest absolute Gasteiger partial charge is 0.127 e. The first-order chi connectivity index (χ1) is 15.0. The van der Waals surface area contributed by atoms with E-state index in [2.05, 4.69) is 46.3 Å². The van der Waals surface area contributed by atoms with Crippen molar-refractivity contribution in [3.05, 3.63) is 110 Å². The molecule has 4 aromatic carbocycles. The Balaban J connectivity index is 1.69. The van der Waals surface area contributed by atoms with Gasteiger partial charge in [-0.15, -0.1) is 0 Å². The Bertz CT molecular complexity index is 1340. The molecule has 0 bridgehead atoms. The second-order valence-corrected chi connectivity index (χ2v) is 8.66. The highest BCUT2D eigenvalue weighted by Gasteiger charge is 2.11. The van der Waals surface area contributed by atoms with E-state index >= 15 is 0 Å². The van der Waals surface area contributed by atoms with Crippen molar-refractivity contribution >= 4 is 61.6 Å². The normalized spacial score (nSPS) is 11.4. The number of fused-ring (bicyclic) bond motifs is 1. The lowest BCUT2D eigenvalue weighted by Crippen LogP contribution is -1.98. The van der Waals surface area contributed by atoms with Crippen LogP contribution >= 0.6 is 39.1 Å². The molecule has 0 N–H and O–H groups in total. The fraction of sp³-hybridized carbons (Fsp3) is 0.0385. The van der Waals surface area contributed by atoms with Gasteiger partial charge in [-0.2, -0.15) is 5.26 Å².